The number of aryl methyl sites for hydroxylation is 1. The molecule has 0 N–H and O–H groups in total. The molecule has 0 bridgehead atoms. The van der Waals surface area contributed by atoms with Crippen LogP contribution in [0.1, 0.15) is 18.2 Å². The zero-order chi connectivity index (χ0) is 15.9. The first-order valence-electron chi connectivity index (χ1n) is 6.71. The van der Waals surface area contributed by atoms with E-state index in [1.807, 2.05) is 13.8 Å². The Labute approximate surface area is 129 Å². The predicted molar refractivity (Wildman–Crippen MR) is 86.0 cm³/mol. The molecule has 22 heavy (non-hydrogen) atoms. The first-order chi connectivity index (χ1) is 10.4. The maximum Gasteiger partial charge on any atom is 0.269 e. The molecule has 0 aliphatic heterocycles. The molecule has 0 saturated heterocycles. The number of rotatable bonds is 3. The summed E-state index contributed by atoms with van der Waals surface area (Å²) in [6.45, 7) is 7.60. The van der Waals surface area contributed by atoms with Gasteiger partial charge in [-0.05, 0) is 37.6 Å². The predicted octanol–water partition coefficient (Wildman–Crippen LogP) is 3.01. The molecule has 0 unspecified atom stereocenters. The monoisotopic (exact) mass is 313 g/mol. The molecular formula is C16H15N3O2S. The highest BCUT2D eigenvalue weighted by molar-refractivity contribution is 7.90. The highest BCUT2D eigenvalue weighted by Crippen LogP contribution is 2.25. The average Bonchev–Trinajstić information content (AvgIpc) is 2.92. The number of aromatic nitrogens is 3. The van der Waals surface area contributed by atoms with Crippen LogP contribution in [0.4, 0.5) is 0 Å². The lowest BCUT2D eigenvalue weighted by Gasteiger charge is -2.08. The number of hydrogen-bond donors (Lipinski definition) is 0. The van der Waals surface area contributed by atoms with Crippen molar-refractivity contribution < 1.29 is 8.42 Å². The van der Waals surface area contributed by atoms with E-state index in [2.05, 4.69) is 16.5 Å². The second-order valence-electron chi connectivity index (χ2n) is 5.17. The van der Waals surface area contributed by atoms with Gasteiger partial charge in [0.25, 0.3) is 10.0 Å². The molecule has 0 amide bonds. The van der Waals surface area contributed by atoms with E-state index in [4.69, 9.17) is 0 Å². The van der Waals surface area contributed by atoms with Gasteiger partial charge in [0.1, 0.15) is 6.33 Å². The van der Waals surface area contributed by atoms with Gasteiger partial charge in [0.15, 0.2) is 5.65 Å². The van der Waals surface area contributed by atoms with Gasteiger partial charge in [-0.15, -0.1) is 0 Å². The number of fused-ring (bicyclic) bond motifs is 1. The summed E-state index contributed by atoms with van der Waals surface area (Å²) >= 11 is 0. The van der Waals surface area contributed by atoms with Crippen LogP contribution in [-0.4, -0.2) is 22.4 Å². The third kappa shape index (κ3) is 2.21. The average molecular weight is 313 g/mol. The summed E-state index contributed by atoms with van der Waals surface area (Å²) < 4.78 is 26.7. The van der Waals surface area contributed by atoms with Crippen LogP contribution in [0.15, 0.2) is 54.3 Å². The Bertz CT molecular complexity index is 970. The van der Waals surface area contributed by atoms with Crippen molar-refractivity contribution in [1.29, 1.82) is 0 Å². The molecule has 1 aromatic carbocycles. The highest BCUT2D eigenvalue weighted by Gasteiger charge is 2.20. The minimum Gasteiger partial charge on any atom is -0.236 e. The molecule has 2 aromatic heterocycles. The fourth-order valence-corrected chi connectivity index (χ4v) is 3.59. The van der Waals surface area contributed by atoms with E-state index in [-0.39, 0.29) is 4.90 Å². The summed E-state index contributed by atoms with van der Waals surface area (Å²) in [5.41, 5.74) is 2.78. The molecule has 6 heteroatoms. The summed E-state index contributed by atoms with van der Waals surface area (Å²) in [5, 5.41) is 0.672. The minimum atomic E-state index is -3.68. The van der Waals surface area contributed by atoms with Gasteiger partial charge in [-0.25, -0.2) is 22.4 Å². The second-order valence-corrected chi connectivity index (χ2v) is 6.98. The quantitative estimate of drug-likeness (QED) is 0.745. The first kappa shape index (κ1) is 14.5. The fourth-order valence-electron chi connectivity index (χ4n) is 2.29. The van der Waals surface area contributed by atoms with Gasteiger partial charge < -0.3 is 0 Å². The van der Waals surface area contributed by atoms with Gasteiger partial charge in [0.05, 0.1) is 10.6 Å². The molecule has 0 aliphatic carbocycles. The Kier molecular flexibility index (Phi) is 3.33. The number of benzene rings is 1. The summed E-state index contributed by atoms with van der Waals surface area (Å²) in [6, 6.07) is 8.43. The van der Waals surface area contributed by atoms with E-state index in [1.54, 1.807) is 30.3 Å². The molecule has 0 saturated carbocycles. The van der Waals surface area contributed by atoms with Gasteiger partial charge in [-0.2, -0.15) is 0 Å². The molecule has 112 valence electrons. The zero-order valence-electron chi connectivity index (χ0n) is 12.3. The minimum absolute atomic E-state index is 0.228. The molecule has 0 spiro atoms. The summed E-state index contributed by atoms with van der Waals surface area (Å²) in [6.07, 6.45) is 2.86. The zero-order valence-corrected chi connectivity index (χ0v) is 13.1. The number of allylic oxidation sites excluding steroid dienone is 1. The molecular weight excluding hydrogens is 298 g/mol. The Balaban J connectivity index is 2.24. The molecule has 0 fully saturated rings. The van der Waals surface area contributed by atoms with Crippen molar-refractivity contribution >= 4 is 26.6 Å². The summed E-state index contributed by atoms with van der Waals surface area (Å²) in [7, 11) is -3.68. The largest absolute Gasteiger partial charge is 0.269 e. The first-order valence-corrected chi connectivity index (χ1v) is 8.15. The van der Waals surface area contributed by atoms with Crippen LogP contribution in [0.3, 0.4) is 0 Å². The standard InChI is InChI=1S/C16H15N3O2S/c1-11(2)15-14-8-9-19(16(14)18-10-17-15)22(20,21)13-6-4-12(3)5-7-13/h4-10H,1H2,2-3H3. The van der Waals surface area contributed by atoms with E-state index < -0.39 is 10.0 Å². The van der Waals surface area contributed by atoms with Crippen LogP contribution in [0.5, 0.6) is 0 Å². The van der Waals surface area contributed by atoms with Crippen molar-refractivity contribution in [3.8, 4) is 0 Å². The van der Waals surface area contributed by atoms with Crippen LogP contribution in [0.25, 0.3) is 16.6 Å². The summed E-state index contributed by atoms with van der Waals surface area (Å²) in [4.78, 5) is 8.52. The Morgan fingerprint density at radius 2 is 1.82 bits per heavy atom. The van der Waals surface area contributed by atoms with Crippen molar-refractivity contribution in [3.05, 3.63) is 60.7 Å². The molecule has 5 nitrogen and oxygen atoms in total. The van der Waals surface area contributed by atoms with E-state index >= 15 is 0 Å². The van der Waals surface area contributed by atoms with Crippen molar-refractivity contribution in [3.63, 3.8) is 0 Å². The Morgan fingerprint density at radius 1 is 1.14 bits per heavy atom. The third-order valence-electron chi connectivity index (χ3n) is 3.43. The van der Waals surface area contributed by atoms with Crippen LogP contribution in [0.2, 0.25) is 0 Å². The lowest BCUT2D eigenvalue weighted by atomic mass is 10.2. The molecule has 0 aliphatic rings. The molecule has 2 heterocycles. The lowest BCUT2D eigenvalue weighted by Crippen LogP contribution is -2.12. The highest BCUT2D eigenvalue weighted by atomic mass is 32.2. The van der Waals surface area contributed by atoms with Gasteiger partial charge in [0, 0.05) is 11.6 Å². The van der Waals surface area contributed by atoms with E-state index in [9.17, 15) is 8.42 Å². The summed E-state index contributed by atoms with van der Waals surface area (Å²) in [5.74, 6) is 0. The van der Waals surface area contributed by atoms with Crippen molar-refractivity contribution in [2.24, 2.45) is 0 Å². The van der Waals surface area contributed by atoms with Crippen LogP contribution < -0.4 is 0 Å². The van der Waals surface area contributed by atoms with Crippen LogP contribution >= 0.6 is 0 Å². The SMILES string of the molecule is C=C(C)c1ncnc2c1ccn2S(=O)(=O)c1ccc(C)cc1. The van der Waals surface area contributed by atoms with Gasteiger partial charge >= 0.3 is 0 Å². The molecule has 3 aromatic rings. The van der Waals surface area contributed by atoms with Crippen molar-refractivity contribution in [2.45, 2.75) is 18.7 Å². The number of hydrogen-bond acceptors (Lipinski definition) is 4. The van der Waals surface area contributed by atoms with Gasteiger partial charge in [-0.3, -0.25) is 0 Å². The van der Waals surface area contributed by atoms with Gasteiger partial charge in [0.2, 0.25) is 0 Å². The number of nitrogens with zero attached hydrogens (tertiary/aromatic N) is 3. The normalized spacial score (nSPS) is 11.7. The fraction of sp³-hybridized carbons (Fsp3) is 0.125. The van der Waals surface area contributed by atoms with Gasteiger partial charge in [-0.1, -0.05) is 24.3 Å². The topological polar surface area (TPSA) is 64.8 Å². The maximum absolute atomic E-state index is 12.8. The van der Waals surface area contributed by atoms with E-state index in [0.717, 1.165) is 11.1 Å². The molecule has 3 rings (SSSR count). The molecule has 0 radical (unpaired) electrons. The Hall–Kier alpha value is -2.47. The van der Waals surface area contributed by atoms with Crippen molar-refractivity contribution in [2.75, 3.05) is 0 Å². The van der Waals surface area contributed by atoms with Crippen molar-refractivity contribution in [1.82, 2.24) is 13.9 Å². The maximum atomic E-state index is 12.8. The Morgan fingerprint density at radius 3 is 2.45 bits per heavy atom. The van der Waals surface area contributed by atoms with E-state index in [0.29, 0.717) is 16.7 Å². The smallest absolute Gasteiger partial charge is 0.236 e. The molecule has 0 atom stereocenters. The van der Waals surface area contributed by atoms with Crippen LogP contribution in [0, 0.1) is 6.92 Å². The second kappa shape index (κ2) is 5.06. The van der Waals surface area contributed by atoms with Crippen LogP contribution in [-0.2, 0) is 10.0 Å². The lowest BCUT2D eigenvalue weighted by molar-refractivity contribution is 0.588. The third-order valence-corrected chi connectivity index (χ3v) is 5.11. The van der Waals surface area contributed by atoms with E-state index in [1.165, 1.54) is 16.5 Å².